The zero-order chi connectivity index (χ0) is 18.1. The number of nitrogens with zero attached hydrogens (tertiary/aromatic N) is 4. The molecule has 2 heterocycles. The van der Waals surface area contributed by atoms with Gasteiger partial charge in [-0.25, -0.2) is 9.50 Å². The van der Waals surface area contributed by atoms with Gasteiger partial charge >= 0.3 is 0 Å². The number of anilines is 2. The number of hydrogen-bond donors (Lipinski definition) is 2. The van der Waals surface area contributed by atoms with E-state index in [4.69, 9.17) is 0 Å². The van der Waals surface area contributed by atoms with Crippen LogP contribution in [0.15, 0.2) is 54.7 Å². The van der Waals surface area contributed by atoms with E-state index >= 15 is 0 Å². The van der Waals surface area contributed by atoms with Crippen molar-refractivity contribution in [3.8, 4) is 17.0 Å². The van der Waals surface area contributed by atoms with Gasteiger partial charge in [0.25, 0.3) is 0 Å². The lowest BCUT2D eigenvalue weighted by atomic mass is 10.1. The topological polar surface area (TPSA) is 73.9 Å². The van der Waals surface area contributed by atoms with Gasteiger partial charge in [-0.15, -0.1) is 5.10 Å². The fraction of sp³-hybridized carbons (Fsp3) is 0.158. The number of fused-ring (bicyclic) bond motifs is 1. The first-order valence-electron chi connectivity index (χ1n) is 8.32. The molecule has 0 spiro atoms. The maximum Gasteiger partial charge on any atom is 0.214 e. The summed E-state index contributed by atoms with van der Waals surface area (Å²) in [5, 5.41) is 25.1. The number of benzene rings is 2. The minimum Gasteiger partial charge on any atom is -0.506 e. The Morgan fingerprint density at radius 2 is 1.88 bits per heavy atom. The maximum atomic E-state index is 10.1. The van der Waals surface area contributed by atoms with Gasteiger partial charge in [-0.2, -0.15) is 0 Å². The Morgan fingerprint density at radius 1 is 1.12 bits per heavy atom. The molecule has 0 radical (unpaired) electrons. The van der Waals surface area contributed by atoms with Crippen molar-refractivity contribution in [1.82, 2.24) is 14.6 Å². The molecule has 6 nitrogen and oxygen atoms in total. The van der Waals surface area contributed by atoms with Crippen LogP contribution in [0.3, 0.4) is 0 Å². The lowest BCUT2D eigenvalue weighted by Crippen LogP contribution is -2.16. The Bertz CT molecular complexity index is 1030. The van der Waals surface area contributed by atoms with E-state index in [9.17, 15) is 10.2 Å². The first kappa shape index (κ1) is 16.6. The number of para-hydroxylation sites is 2. The van der Waals surface area contributed by atoms with Crippen LogP contribution in [0.2, 0.25) is 0 Å². The molecule has 0 unspecified atom stereocenters. The lowest BCUT2D eigenvalue weighted by Gasteiger charge is -2.20. The number of hydrogen-bond acceptors (Lipinski definition) is 6. The van der Waals surface area contributed by atoms with Crippen LogP contribution in [0.25, 0.3) is 16.2 Å². The van der Waals surface area contributed by atoms with Gasteiger partial charge in [0.15, 0.2) is 0 Å². The first-order chi connectivity index (χ1) is 12.7. The molecular formula is C19H18N4O2S. The number of aliphatic hydroxyl groups is 1. The summed E-state index contributed by atoms with van der Waals surface area (Å²) in [5.41, 5.74) is 3.24. The van der Waals surface area contributed by atoms with Crippen LogP contribution in [-0.2, 0) is 6.61 Å². The van der Waals surface area contributed by atoms with Gasteiger partial charge in [-0.05, 0) is 24.6 Å². The summed E-state index contributed by atoms with van der Waals surface area (Å²) in [6.07, 6.45) is 1.86. The Labute approximate surface area is 154 Å². The number of aromatic hydroxyl groups is 1. The van der Waals surface area contributed by atoms with Crippen LogP contribution in [-0.4, -0.2) is 31.4 Å². The van der Waals surface area contributed by atoms with Crippen LogP contribution in [0.1, 0.15) is 12.5 Å². The largest absolute Gasteiger partial charge is 0.506 e. The molecule has 0 atom stereocenters. The Balaban J connectivity index is 1.73. The van der Waals surface area contributed by atoms with Crippen molar-refractivity contribution in [2.75, 3.05) is 11.4 Å². The molecule has 2 aromatic carbocycles. The average molecular weight is 366 g/mol. The van der Waals surface area contributed by atoms with Crippen LogP contribution in [0.4, 0.5) is 10.8 Å². The zero-order valence-electron chi connectivity index (χ0n) is 14.2. The van der Waals surface area contributed by atoms with Gasteiger partial charge in [-0.3, -0.25) is 0 Å². The second kappa shape index (κ2) is 6.78. The molecule has 26 heavy (non-hydrogen) atoms. The maximum absolute atomic E-state index is 10.1. The number of aliphatic hydroxyl groups excluding tert-OH is 1. The average Bonchev–Trinajstić information content (AvgIpc) is 3.23. The lowest BCUT2D eigenvalue weighted by molar-refractivity contribution is 0.282. The van der Waals surface area contributed by atoms with Crippen LogP contribution in [0, 0.1) is 0 Å². The van der Waals surface area contributed by atoms with Crippen molar-refractivity contribution in [3.63, 3.8) is 0 Å². The quantitative estimate of drug-likeness (QED) is 0.562. The van der Waals surface area contributed by atoms with E-state index in [2.05, 4.69) is 10.1 Å². The minimum absolute atomic E-state index is 0.0308. The predicted octanol–water partition coefficient (Wildman–Crippen LogP) is 3.81. The third-order valence-electron chi connectivity index (χ3n) is 4.22. The van der Waals surface area contributed by atoms with Gasteiger partial charge in [0.1, 0.15) is 5.75 Å². The van der Waals surface area contributed by atoms with Gasteiger partial charge < -0.3 is 15.1 Å². The predicted molar refractivity (Wildman–Crippen MR) is 103 cm³/mol. The molecule has 0 saturated carbocycles. The highest BCUT2D eigenvalue weighted by Crippen LogP contribution is 2.35. The van der Waals surface area contributed by atoms with Gasteiger partial charge in [0.05, 0.1) is 24.2 Å². The van der Waals surface area contributed by atoms with Crippen molar-refractivity contribution in [3.05, 3.63) is 60.3 Å². The van der Waals surface area contributed by atoms with Crippen molar-refractivity contribution >= 4 is 27.1 Å². The Hall–Kier alpha value is -2.90. The third-order valence-corrected chi connectivity index (χ3v) is 5.16. The van der Waals surface area contributed by atoms with Crippen LogP contribution >= 0.6 is 11.3 Å². The number of phenols is 1. The number of aromatic nitrogens is 3. The molecule has 7 heteroatoms. The summed E-state index contributed by atoms with van der Waals surface area (Å²) in [4.78, 5) is 7.38. The summed E-state index contributed by atoms with van der Waals surface area (Å²) < 4.78 is 1.74. The molecule has 0 saturated heterocycles. The molecule has 4 aromatic rings. The monoisotopic (exact) mass is 366 g/mol. The summed E-state index contributed by atoms with van der Waals surface area (Å²) in [6, 6.07) is 14.9. The zero-order valence-corrected chi connectivity index (χ0v) is 15.0. The second-order valence-electron chi connectivity index (χ2n) is 5.79. The van der Waals surface area contributed by atoms with Gasteiger partial charge in [0, 0.05) is 12.1 Å². The van der Waals surface area contributed by atoms with Crippen LogP contribution in [0.5, 0.6) is 5.75 Å². The highest BCUT2D eigenvalue weighted by atomic mass is 32.1. The van der Waals surface area contributed by atoms with E-state index < -0.39 is 0 Å². The Kier molecular flexibility index (Phi) is 4.32. The number of rotatable bonds is 5. The molecule has 2 N–H and O–H groups in total. The highest BCUT2D eigenvalue weighted by molar-refractivity contribution is 7.20. The van der Waals surface area contributed by atoms with Crippen LogP contribution < -0.4 is 4.90 Å². The molecule has 0 aliphatic heterocycles. The fourth-order valence-corrected chi connectivity index (χ4v) is 3.90. The Morgan fingerprint density at radius 3 is 2.62 bits per heavy atom. The second-order valence-corrected chi connectivity index (χ2v) is 6.72. The fourth-order valence-electron chi connectivity index (χ4n) is 2.94. The molecule has 132 valence electrons. The number of phenolic OH excluding ortho intramolecular Hbond substituents is 1. The van der Waals surface area contributed by atoms with Crippen molar-refractivity contribution in [2.45, 2.75) is 13.5 Å². The molecule has 0 aliphatic carbocycles. The molecular weight excluding hydrogens is 348 g/mol. The van der Waals surface area contributed by atoms with Gasteiger partial charge in [0.2, 0.25) is 10.1 Å². The molecule has 0 aliphatic rings. The van der Waals surface area contributed by atoms with E-state index in [1.54, 1.807) is 16.6 Å². The molecule has 2 aromatic heterocycles. The van der Waals surface area contributed by atoms with E-state index in [0.29, 0.717) is 6.54 Å². The summed E-state index contributed by atoms with van der Waals surface area (Å²) in [6.45, 7) is 2.66. The molecule has 0 bridgehead atoms. The van der Waals surface area contributed by atoms with E-state index in [0.717, 1.165) is 32.6 Å². The highest BCUT2D eigenvalue weighted by Gasteiger charge is 2.18. The summed E-state index contributed by atoms with van der Waals surface area (Å²) >= 11 is 1.46. The third kappa shape index (κ3) is 2.81. The minimum atomic E-state index is -0.0308. The van der Waals surface area contributed by atoms with Crippen molar-refractivity contribution in [2.24, 2.45) is 0 Å². The normalized spacial score (nSPS) is 11.2. The van der Waals surface area contributed by atoms with E-state index in [1.165, 1.54) is 11.3 Å². The summed E-state index contributed by atoms with van der Waals surface area (Å²) in [5.74, 6) is 0.222. The molecule has 0 fully saturated rings. The van der Waals surface area contributed by atoms with E-state index in [-0.39, 0.29) is 12.4 Å². The summed E-state index contributed by atoms with van der Waals surface area (Å²) in [7, 11) is 0. The van der Waals surface area contributed by atoms with Crippen molar-refractivity contribution < 1.29 is 10.2 Å². The van der Waals surface area contributed by atoms with E-state index in [1.807, 2.05) is 54.4 Å². The van der Waals surface area contributed by atoms with Crippen molar-refractivity contribution in [1.29, 1.82) is 0 Å². The molecule has 4 rings (SSSR count). The smallest absolute Gasteiger partial charge is 0.214 e. The van der Waals surface area contributed by atoms with Gasteiger partial charge in [-0.1, -0.05) is 47.7 Å². The standard InChI is InChI=1S/C19H18N4O2S/c1-2-22(16-9-5-6-10-17(16)25)19-21-23-11-15(20-18(23)26-19)14-8-4-3-7-13(14)12-24/h3-11,24-25H,2,12H2,1H3. The molecule has 0 amide bonds. The number of imidazole rings is 1. The first-order valence-corrected chi connectivity index (χ1v) is 9.13. The SMILES string of the molecule is CCN(c1nn2cc(-c3ccccc3CO)nc2s1)c1ccccc1O.